The van der Waals surface area contributed by atoms with Gasteiger partial charge in [0.2, 0.25) is 10.0 Å². The van der Waals surface area contributed by atoms with Gasteiger partial charge in [-0.05, 0) is 55.2 Å². The van der Waals surface area contributed by atoms with E-state index in [4.69, 9.17) is 14.2 Å². The largest absolute Gasteiger partial charge is 0.495 e. The number of methoxy groups -OCH3 is 1. The average molecular weight is 447 g/mol. The fourth-order valence-corrected chi connectivity index (χ4v) is 5.45. The number of fused-ring (bicyclic) bond motifs is 1. The van der Waals surface area contributed by atoms with Crippen molar-refractivity contribution in [2.24, 2.45) is 0 Å². The molecule has 1 fully saturated rings. The van der Waals surface area contributed by atoms with Crippen LogP contribution in [-0.4, -0.2) is 58.6 Å². The molecular formula is C22H26N2O6S. The Kier molecular flexibility index (Phi) is 6.33. The third-order valence-corrected chi connectivity index (χ3v) is 7.33. The predicted molar refractivity (Wildman–Crippen MR) is 114 cm³/mol. The van der Waals surface area contributed by atoms with Gasteiger partial charge in [0.15, 0.2) is 11.5 Å². The minimum Gasteiger partial charge on any atom is -0.495 e. The van der Waals surface area contributed by atoms with Crippen LogP contribution < -0.4 is 19.5 Å². The molecule has 0 spiro atoms. The summed E-state index contributed by atoms with van der Waals surface area (Å²) in [6.07, 6.45) is 2.28. The van der Waals surface area contributed by atoms with Crippen molar-refractivity contribution in [1.29, 1.82) is 0 Å². The smallest absolute Gasteiger partial charge is 0.251 e. The molecule has 2 aromatic rings. The first-order valence-electron chi connectivity index (χ1n) is 10.3. The van der Waals surface area contributed by atoms with Crippen molar-refractivity contribution < 1.29 is 27.4 Å². The molecule has 0 saturated carbocycles. The third kappa shape index (κ3) is 4.62. The zero-order valence-corrected chi connectivity index (χ0v) is 18.2. The molecule has 1 amide bonds. The summed E-state index contributed by atoms with van der Waals surface area (Å²) in [4.78, 5) is 12.7. The van der Waals surface area contributed by atoms with Crippen molar-refractivity contribution in [3.8, 4) is 17.2 Å². The SMILES string of the molecule is COc1ccc(C(=O)NCCc2ccc3c(c2)OCCO3)cc1S(=O)(=O)N1CCCC1. The molecule has 2 aliphatic heterocycles. The summed E-state index contributed by atoms with van der Waals surface area (Å²) in [5.41, 5.74) is 1.29. The molecule has 31 heavy (non-hydrogen) atoms. The minimum absolute atomic E-state index is 0.0244. The van der Waals surface area contributed by atoms with Gasteiger partial charge in [-0.1, -0.05) is 6.07 Å². The van der Waals surface area contributed by atoms with Gasteiger partial charge in [0.05, 0.1) is 7.11 Å². The number of benzene rings is 2. The van der Waals surface area contributed by atoms with Crippen molar-refractivity contribution in [3.05, 3.63) is 47.5 Å². The van der Waals surface area contributed by atoms with Crippen LogP contribution in [0.2, 0.25) is 0 Å². The Balaban J connectivity index is 1.44. The maximum Gasteiger partial charge on any atom is 0.251 e. The molecule has 0 unspecified atom stereocenters. The third-order valence-electron chi connectivity index (χ3n) is 5.41. The summed E-state index contributed by atoms with van der Waals surface area (Å²) in [5.74, 6) is 1.34. The molecule has 0 aliphatic carbocycles. The summed E-state index contributed by atoms with van der Waals surface area (Å²) in [5, 5.41) is 2.85. The lowest BCUT2D eigenvalue weighted by molar-refractivity contribution is 0.0954. The lowest BCUT2D eigenvalue weighted by atomic mass is 10.1. The lowest BCUT2D eigenvalue weighted by Crippen LogP contribution is -2.29. The molecule has 0 aromatic heterocycles. The second-order valence-electron chi connectivity index (χ2n) is 7.46. The van der Waals surface area contributed by atoms with Crippen molar-refractivity contribution >= 4 is 15.9 Å². The van der Waals surface area contributed by atoms with E-state index in [2.05, 4.69) is 5.32 Å². The molecule has 2 aromatic carbocycles. The summed E-state index contributed by atoms with van der Waals surface area (Å²) in [7, 11) is -2.29. The van der Waals surface area contributed by atoms with E-state index in [1.54, 1.807) is 6.07 Å². The normalized spacial score (nSPS) is 16.2. The quantitative estimate of drug-likeness (QED) is 0.701. The van der Waals surface area contributed by atoms with Crippen LogP contribution in [0, 0.1) is 0 Å². The predicted octanol–water partition coefficient (Wildman–Crippen LogP) is 2.22. The molecular weight excluding hydrogens is 420 g/mol. The molecule has 8 nitrogen and oxygen atoms in total. The molecule has 1 N–H and O–H groups in total. The molecule has 166 valence electrons. The van der Waals surface area contributed by atoms with E-state index in [-0.39, 0.29) is 22.1 Å². The number of rotatable bonds is 7. The fourth-order valence-electron chi connectivity index (χ4n) is 3.75. The number of sulfonamides is 1. The number of ether oxygens (including phenoxy) is 3. The van der Waals surface area contributed by atoms with Gasteiger partial charge >= 0.3 is 0 Å². The Hall–Kier alpha value is -2.78. The van der Waals surface area contributed by atoms with Crippen LogP contribution in [0.3, 0.4) is 0 Å². The molecule has 9 heteroatoms. The molecule has 2 heterocycles. The van der Waals surface area contributed by atoms with Gasteiger partial charge in [-0.3, -0.25) is 4.79 Å². The van der Waals surface area contributed by atoms with Gasteiger partial charge in [-0.25, -0.2) is 8.42 Å². The number of amides is 1. The molecule has 0 radical (unpaired) electrons. The van der Waals surface area contributed by atoms with E-state index in [1.165, 1.54) is 23.5 Å². The minimum atomic E-state index is -3.71. The van der Waals surface area contributed by atoms with Crippen molar-refractivity contribution in [2.45, 2.75) is 24.2 Å². The van der Waals surface area contributed by atoms with Crippen LogP contribution in [0.5, 0.6) is 17.2 Å². The fraction of sp³-hybridized carbons (Fsp3) is 0.409. The second kappa shape index (κ2) is 9.15. The van der Waals surface area contributed by atoms with Gasteiger partial charge in [0.25, 0.3) is 5.91 Å². The molecule has 2 aliphatic rings. The number of hydrogen-bond donors (Lipinski definition) is 1. The maximum absolute atomic E-state index is 13.0. The monoisotopic (exact) mass is 446 g/mol. The zero-order valence-electron chi connectivity index (χ0n) is 17.4. The highest BCUT2D eigenvalue weighted by Crippen LogP contribution is 2.31. The van der Waals surface area contributed by atoms with E-state index in [0.717, 1.165) is 24.2 Å². The van der Waals surface area contributed by atoms with E-state index < -0.39 is 10.0 Å². The summed E-state index contributed by atoms with van der Waals surface area (Å²) < 4.78 is 43.8. The first-order chi connectivity index (χ1) is 15.0. The van der Waals surface area contributed by atoms with Gasteiger partial charge < -0.3 is 19.5 Å². The van der Waals surface area contributed by atoms with Gasteiger partial charge in [-0.2, -0.15) is 4.31 Å². The Morgan fingerprint density at radius 1 is 1.06 bits per heavy atom. The number of hydrogen-bond acceptors (Lipinski definition) is 6. The first kappa shape index (κ1) is 21.5. The molecule has 0 bridgehead atoms. The average Bonchev–Trinajstić information content (AvgIpc) is 3.34. The van der Waals surface area contributed by atoms with Gasteiger partial charge in [0, 0.05) is 25.2 Å². The van der Waals surface area contributed by atoms with Crippen LogP contribution in [0.4, 0.5) is 0 Å². The maximum atomic E-state index is 13.0. The first-order valence-corrected chi connectivity index (χ1v) is 11.8. The van der Waals surface area contributed by atoms with Crippen LogP contribution in [0.25, 0.3) is 0 Å². The van der Waals surface area contributed by atoms with E-state index in [0.29, 0.717) is 45.0 Å². The summed E-state index contributed by atoms with van der Waals surface area (Å²) in [6.45, 7) is 2.43. The van der Waals surface area contributed by atoms with E-state index >= 15 is 0 Å². The highest BCUT2D eigenvalue weighted by Gasteiger charge is 2.30. The Morgan fingerprint density at radius 2 is 1.81 bits per heavy atom. The molecule has 1 saturated heterocycles. The molecule has 4 rings (SSSR count). The van der Waals surface area contributed by atoms with Crippen molar-refractivity contribution in [2.75, 3.05) is 40.0 Å². The van der Waals surface area contributed by atoms with Crippen molar-refractivity contribution in [1.82, 2.24) is 9.62 Å². The standard InChI is InChI=1S/C22H26N2O6S/c1-28-19-7-5-17(15-21(19)31(26,27)24-10-2-3-11-24)22(25)23-9-8-16-4-6-18-20(14-16)30-13-12-29-18/h4-7,14-15H,2-3,8-13H2,1H3,(H,23,25). The van der Waals surface area contributed by atoms with Gasteiger partial charge in [-0.15, -0.1) is 0 Å². The summed E-state index contributed by atoms with van der Waals surface area (Å²) >= 11 is 0. The number of nitrogens with zero attached hydrogens (tertiary/aromatic N) is 1. The van der Waals surface area contributed by atoms with E-state index in [9.17, 15) is 13.2 Å². The van der Waals surface area contributed by atoms with Crippen LogP contribution in [0.1, 0.15) is 28.8 Å². The van der Waals surface area contributed by atoms with E-state index in [1.807, 2.05) is 18.2 Å². The van der Waals surface area contributed by atoms with Crippen LogP contribution in [-0.2, 0) is 16.4 Å². The summed E-state index contributed by atoms with van der Waals surface area (Å²) in [6, 6.07) is 10.2. The van der Waals surface area contributed by atoms with Crippen LogP contribution >= 0.6 is 0 Å². The zero-order chi connectivity index (χ0) is 21.8. The Labute approximate surface area is 182 Å². The van der Waals surface area contributed by atoms with Crippen molar-refractivity contribution in [3.63, 3.8) is 0 Å². The topological polar surface area (TPSA) is 94.2 Å². The highest BCUT2D eigenvalue weighted by atomic mass is 32.2. The lowest BCUT2D eigenvalue weighted by Gasteiger charge is -2.19. The molecule has 0 atom stereocenters. The Bertz CT molecular complexity index is 1060. The number of carbonyl (C=O) groups is 1. The van der Waals surface area contributed by atoms with Gasteiger partial charge in [0.1, 0.15) is 23.9 Å². The number of nitrogens with one attached hydrogen (secondary N) is 1. The second-order valence-corrected chi connectivity index (χ2v) is 9.37. The Morgan fingerprint density at radius 3 is 2.55 bits per heavy atom. The number of carbonyl (C=O) groups excluding carboxylic acids is 1. The highest BCUT2D eigenvalue weighted by molar-refractivity contribution is 7.89. The van der Waals surface area contributed by atoms with Crippen LogP contribution in [0.15, 0.2) is 41.3 Å².